The van der Waals surface area contributed by atoms with Gasteiger partial charge in [0.05, 0.1) is 0 Å². The van der Waals surface area contributed by atoms with E-state index in [2.05, 4.69) is 19.8 Å². The summed E-state index contributed by atoms with van der Waals surface area (Å²) in [4.78, 5) is 0. The van der Waals surface area contributed by atoms with E-state index in [-0.39, 0.29) is 0 Å². The van der Waals surface area contributed by atoms with Crippen molar-refractivity contribution < 1.29 is 15.8 Å². The molecule has 0 saturated heterocycles. The Hall–Kier alpha value is 0.319. The van der Waals surface area contributed by atoms with Gasteiger partial charge in [0.25, 0.3) is 0 Å². The van der Waals surface area contributed by atoms with Crippen LogP contribution >= 0.6 is 0 Å². The second-order valence-electron chi connectivity index (χ2n) is 0.412. The van der Waals surface area contributed by atoms with Crippen LogP contribution in [-0.2, 0) is 15.8 Å². The van der Waals surface area contributed by atoms with E-state index in [1.54, 1.807) is 0 Å². The van der Waals surface area contributed by atoms with Gasteiger partial charge in [0.1, 0.15) is 0 Å². The summed E-state index contributed by atoms with van der Waals surface area (Å²) in [6.45, 7) is 2.65. The summed E-state index contributed by atoms with van der Waals surface area (Å²) in [5, 5.41) is 0. The quantitative estimate of drug-likeness (QED) is 0.438. The molecule has 0 aliphatic heterocycles. The summed E-state index contributed by atoms with van der Waals surface area (Å²) in [6.07, 6.45) is 0. The molecule has 0 spiro atoms. The summed E-state index contributed by atoms with van der Waals surface area (Å²) in [5.41, 5.74) is 0. The van der Waals surface area contributed by atoms with Gasteiger partial charge in [-0.15, -0.1) is 0 Å². The van der Waals surface area contributed by atoms with Crippen LogP contribution in [0.25, 0.3) is 0 Å². The van der Waals surface area contributed by atoms with E-state index in [0.29, 0.717) is 0 Å². The molecule has 0 unspecified atom stereocenters. The van der Waals surface area contributed by atoms with Crippen molar-refractivity contribution in [2.24, 2.45) is 3.96 Å². The molecule has 0 aromatic rings. The Balaban J connectivity index is 2.30. The molecule has 0 atom stereocenters. The summed E-state index contributed by atoms with van der Waals surface area (Å²) in [7, 11) is 0. The Labute approximate surface area is 34.0 Å². The van der Waals surface area contributed by atoms with Crippen molar-refractivity contribution in [3.05, 3.63) is 0 Å². The minimum absolute atomic E-state index is 0.750. The Morgan fingerprint density at radius 1 is 2.00 bits per heavy atom. The maximum atomic E-state index is 4.30. The van der Waals surface area contributed by atoms with E-state index in [4.69, 9.17) is 0 Å². The Morgan fingerprint density at radius 3 is 2.25 bits per heavy atom. The number of rotatable bonds is 1. The van der Waals surface area contributed by atoms with E-state index >= 15 is 0 Å². The van der Waals surface area contributed by atoms with Gasteiger partial charge in [-0.2, -0.15) is 0 Å². The van der Waals surface area contributed by atoms with Crippen LogP contribution in [0.2, 0.25) is 0 Å². The van der Waals surface area contributed by atoms with Crippen molar-refractivity contribution >= 4 is 0 Å². The summed E-state index contributed by atoms with van der Waals surface area (Å²) in [6, 6.07) is 0. The number of hydrogen-bond acceptors (Lipinski definition) is 1. The van der Waals surface area contributed by atoms with Crippen molar-refractivity contribution in [2.45, 2.75) is 6.92 Å². The second kappa shape index (κ2) is 3.32. The molecule has 1 nitrogen and oxygen atoms in total. The first-order chi connectivity index (χ1) is 1.91. The van der Waals surface area contributed by atoms with Gasteiger partial charge in [-0.25, -0.2) is 0 Å². The van der Waals surface area contributed by atoms with Gasteiger partial charge >= 0.3 is 33.2 Å². The predicted octanol–water partition coefficient (Wildman–Crippen LogP) is 0.737. The van der Waals surface area contributed by atoms with Gasteiger partial charge in [0, 0.05) is 0 Å². The summed E-state index contributed by atoms with van der Waals surface area (Å²) >= 11 is 4.30. The van der Waals surface area contributed by atoms with E-state index in [1.165, 1.54) is 0 Å². The predicted molar refractivity (Wildman–Crippen MR) is 13.0 cm³/mol. The maximum absolute atomic E-state index is 4.30. The summed E-state index contributed by atoms with van der Waals surface area (Å²) < 4.78 is 3.30. The van der Waals surface area contributed by atoms with Crippen molar-refractivity contribution in [3.8, 4) is 0 Å². The molecule has 0 amide bonds. The Bertz CT molecular complexity index is 20.0. The molecule has 0 saturated carbocycles. The molecule has 0 aliphatic rings. The zero-order valence-electron chi connectivity index (χ0n) is 2.46. The molecule has 0 bridgehead atoms. The Kier molecular flexibility index (Phi) is 3.58. The molecular weight excluding hydrogens is 102 g/mol. The molecule has 0 fully saturated rings. The van der Waals surface area contributed by atoms with Crippen LogP contribution in [0.5, 0.6) is 0 Å². The molecular formula is C2H5CuN. The third-order valence-electron chi connectivity index (χ3n) is 0.0953. The third kappa shape index (κ3) is 2.32. The van der Waals surface area contributed by atoms with Crippen LogP contribution in [-0.4, -0.2) is 6.54 Å². The third-order valence-corrected chi connectivity index (χ3v) is 0.393. The van der Waals surface area contributed by atoms with Crippen LogP contribution in [0.1, 0.15) is 6.92 Å². The molecule has 0 aromatic carbocycles. The van der Waals surface area contributed by atoms with E-state index < -0.39 is 0 Å². The van der Waals surface area contributed by atoms with Crippen molar-refractivity contribution in [1.29, 1.82) is 0 Å². The van der Waals surface area contributed by atoms with Gasteiger partial charge in [0.2, 0.25) is 0 Å². The van der Waals surface area contributed by atoms with Gasteiger partial charge < -0.3 is 0 Å². The van der Waals surface area contributed by atoms with E-state index in [1.807, 2.05) is 6.92 Å². The normalized spacial score (nSPS) is 6.75. The zero-order valence-corrected chi connectivity index (χ0v) is 3.40. The first kappa shape index (κ1) is 4.32. The molecule has 4 heavy (non-hydrogen) atoms. The first-order valence-electron chi connectivity index (χ1n) is 1.16. The fourth-order valence-electron chi connectivity index (χ4n) is 0. The average molecular weight is 107 g/mol. The van der Waals surface area contributed by atoms with Crippen molar-refractivity contribution in [2.75, 3.05) is 6.54 Å². The van der Waals surface area contributed by atoms with Crippen molar-refractivity contribution in [1.82, 2.24) is 0 Å². The minimum atomic E-state index is 0.750. The first-order valence-corrected chi connectivity index (χ1v) is 1.58. The van der Waals surface area contributed by atoms with Crippen LogP contribution in [0.4, 0.5) is 0 Å². The topological polar surface area (TPSA) is 12.4 Å². The fraction of sp³-hybridized carbons (Fsp3) is 1.00. The molecule has 0 heterocycles. The van der Waals surface area contributed by atoms with Gasteiger partial charge in [0.15, 0.2) is 0 Å². The van der Waals surface area contributed by atoms with Gasteiger partial charge in [-0.3, -0.25) is 0 Å². The average Bonchev–Trinajstić information content (AvgIpc) is 1.37. The molecule has 0 aromatic heterocycles. The monoisotopic (exact) mass is 106 g/mol. The van der Waals surface area contributed by atoms with Crippen LogP contribution in [0, 0.1) is 0 Å². The van der Waals surface area contributed by atoms with E-state index in [0.717, 1.165) is 6.54 Å². The van der Waals surface area contributed by atoms with Crippen LogP contribution in [0.15, 0.2) is 3.96 Å². The van der Waals surface area contributed by atoms with Gasteiger partial charge in [-0.05, 0) is 0 Å². The Morgan fingerprint density at radius 2 is 2.25 bits per heavy atom. The fourth-order valence-corrected chi connectivity index (χ4v) is 0. The zero-order chi connectivity index (χ0) is 3.41. The molecule has 29 valence electrons. The molecule has 0 aliphatic carbocycles. The molecule has 0 N–H and O–H groups in total. The standard InChI is InChI=1S/C2H5N.Cu/c1-2-3;/h2H2,1H3;. The SMILES string of the molecule is CC[N]=[Cu]. The summed E-state index contributed by atoms with van der Waals surface area (Å²) in [5.74, 6) is 0. The molecule has 0 radical (unpaired) electrons. The second-order valence-corrected chi connectivity index (χ2v) is 0.709. The number of hydrogen-bond donors (Lipinski definition) is 0. The van der Waals surface area contributed by atoms with E-state index in [9.17, 15) is 0 Å². The molecule has 2 heteroatoms. The van der Waals surface area contributed by atoms with Crippen molar-refractivity contribution in [3.63, 3.8) is 0 Å². The van der Waals surface area contributed by atoms with Gasteiger partial charge in [-0.1, -0.05) is 0 Å². The number of nitrogens with zero attached hydrogens (tertiary/aromatic N) is 1. The van der Waals surface area contributed by atoms with Crippen LogP contribution < -0.4 is 0 Å². The van der Waals surface area contributed by atoms with Crippen LogP contribution in [0.3, 0.4) is 0 Å². The molecule has 0 rings (SSSR count).